The van der Waals surface area contributed by atoms with Crippen molar-refractivity contribution in [2.75, 3.05) is 32.8 Å². The van der Waals surface area contributed by atoms with Crippen LogP contribution < -0.4 is 0 Å². The Balaban J connectivity index is 3.85. The van der Waals surface area contributed by atoms with Gasteiger partial charge in [-0.1, -0.05) is 0 Å². The molecule has 0 aliphatic rings. The fourth-order valence-electron chi connectivity index (χ4n) is 1.83. The van der Waals surface area contributed by atoms with Crippen LogP contribution in [0.4, 0.5) is 0 Å². The van der Waals surface area contributed by atoms with Crippen molar-refractivity contribution in [1.82, 2.24) is 0 Å². The van der Waals surface area contributed by atoms with Crippen LogP contribution in [0.5, 0.6) is 0 Å². The van der Waals surface area contributed by atoms with E-state index in [9.17, 15) is 0 Å². The summed E-state index contributed by atoms with van der Waals surface area (Å²) in [6.45, 7) is 13.3. The molecule has 0 rings (SSSR count). The average Bonchev–Trinajstić information content (AvgIpc) is 1.56. The second kappa shape index (κ2) is 3.44. The van der Waals surface area contributed by atoms with Crippen LogP contribution in [0, 0.1) is 5.92 Å². The Hall–Kier alpha value is 0.430. The van der Waals surface area contributed by atoms with Crippen molar-refractivity contribution in [3.05, 3.63) is 0 Å². The van der Waals surface area contributed by atoms with Gasteiger partial charge in [-0.25, -0.2) is 0 Å². The Morgan fingerprint density at radius 1 is 1.09 bits per heavy atom. The SMILES string of the molecule is CCCC(C)CP(C)(C)(C)C. The standard InChI is InChI=1S/C10H25P/c1-7-8-10(2)9-11(3,4,5)6/h10H,7-9H2,1-6H3. The average molecular weight is 176 g/mol. The van der Waals surface area contributed by atoms with Gasteiger partial charge in [-0.05, 0) is 0 Å². The van der Waals surface area contributed by atoms with Gasteiger partial charge in [-0.2, -0.15) is 0 Å². The summed E-state index contributed by atoms with van der Waals surface area (Å²) in [6.07, 6.45) is 4.20. The van der Waals surface area contributed by atoms with Gasteiger partial charge in [0.2, 0.25) is 0 Å². The summed E-state index contributed by atoms with van der Waals surface area (Å²) < 4.78 is 0. The van der Waals surface area contributed by atoms with Crippen molar-refractivity contribution in [1.29, 1.82) is 0 Å². The molecule has 0 aromatic heterocycles. The molecule has 0 aromatic rings. The predicted octanol–water partition coefficient (Wildman–Crippen LogP) is 3.50. The van der Waals surface area contributed by atoms with Crippen molar-refractivity contribution in [3.8, 4) is 0 Å². The van der Waals surface area contributed by atoms with E-state index in [1.807, 2.05) is 0 Å². The van der Waals surface area contributed by atoms with E-state index in [2.05, 4.69) is 40.5 Å². The van der Waals surface area contributed by atoms with Gasteiger partial charge in [-0.15, -0.1) is 0 Å². The topological polar surface area (TPSA) is 0 Å². The van der Waals surface area contributed by atoms with Gasteiger partial charge in [0.05, 0.1) is 0 Å². The molecule has 0 spiro atoms. The fourth-order valence-corrected chi connectivity index (χ4v) is 4.51. The second-order valence-corrected chi connectivity index (χ2v) is 14.3. The van der Waals surface area contributed by atoms with E-state index in [-0.39, 0.29) is 0 Å². The Labute approximate surface area is 72.7 Å². The summed E-state index contributed by atoms with van der Waals surface area (Å²) in [7, 11) is 0. The maximum atomic E-state index is 2.47. The molecule has 70 valence electrons. The van der Waals surface area contributed by atoms with Crippen LogP contribution in [-0.2, 0) is 0 Å². The molecule has 1 unspecified atom stereocenters. The maximum absolute atomic E-state index is 2.47. The van der Waals surface area contributed by atoms with E-state index < -0.39 is 6.60 Å². The van der Waals surface area contributed by atoms with E-state index >= 15 is 0 Å². The molecular formula is C10H25P. The molecular weight excluding hydrogens is 151 g/mol. The number of hydrogen-bond acceptors (Lipinski definition) is 0. The number of hydrogen-bond donors (Lipinski definition) is 0. The van der Waals surface area contributed by atoms with Gasteiger partial charge in [0.15, 0.2) is 0 Å². The van der Waals surface area contributed by atoms with Gasteiger partial charge in [0.25, 0.3) is 0 Å². The first-order chi connectivity index (χ1) is 4.71. The summed E-state index contributed by atoms with van der Waals surface area (Å²) in [6, 6.07) is 0. The first-order valence-corrected chi connectivity index (χ1v) is 8.92. The van der Waals surface area contributed by atoms with Gasteiger partial charge >= 0.3 is 72.0 Å². The Kier molecular flexibility index (Phi) is 3.57. The van der Waals surface area contributed by atoms with E-state index in [0.717, 1.165) is 5.92 Å². The molecule has 0 heterocycles. The zero-order valence-corrected chi connectivity index (χ0v) is 10.0. The first-order valence-electron chi connectivity index (χ1n) is 4.71. The molecule has 0 bridgehead atoms. The van der Waals surface area contributed by atoms with Crippen LogP contribution in [0.25, 0.3) is 0 Å². The van der Waals surface area contributed by atoms with Crippen molar-refractivity contribution in [2.24, 2.45) is 5.92 Å². The van der Waals surface area contributed by atoms with Crippen molar-refractivity contribution < 1.29 is 0 Å². The Morgan fingerprint density at radius 2 is 1.55 bits per heavy atom. The van der Waals surface area contributed by atoms with Crippen molar-refractivity contribution in [3.63, 3.8) is 0 Å². The minimum absolute atomic E-state index is 0.933. The summed E-state index contributed by atoms with van der Waals surface area (Å²) in [4.78, 5) is 0. The summed E-state index contributed by atoms with van der Waals surface area (Å²) in [5.74, 6) is 0.933. The molecule has 0 fully saturated rings. The molecule has 0 N–H and O–H groups in total. The zero-order valence-electron chi connectivity index (χ0n) is 9.15. The second-order valence-electron chi connectivity index (χ2n) is 6.02. The van der Waals surface area contributed by atoms with Crippen molar-refractivity contribution >= 4 is 6.60 Å². The van der Waals surface area contributed by atoms with Crippen LogP contribution >= 0.6 is 6.60 Å². The van der Waals surface area contributed by atoms with Crippen LogP contribution in [-0.4, -0.2) is 32.8 Å². The molecule has 0 aliphatic carbocycles. The molecule has 0 aromatic carbocycles. The Bertz CT molecular complexity index is 109. The molecule has 0 radical (unpaired) electrons. The normalized spacial score (nSPS) is 18.9. The van der Waals surface area contributed by atoms with Crippen LogP contribution in [0.1, 0.15) is 26.7 Å². The predicted molar refractivity (Wildman–Crippen MR) is 59.6 cm³/mol. The van der Waals surface area contributed by atoms with Gasteiger partial charge in [0, 0.05) is 0 Å². The summed E-state index contributed by atoms with van der Waals surface area (Å²) in [5.41, 5.74) is 0. The van der Waals surface area contributed by atoms with Gasteiger partial charge in [0.1, 0.15) is 0 Å². The monoisotopic (exact) mass is 176 g/mol. The third kappa shape index (κ3) is 8.34. The third-order valence-corrected chi connectivity index (χ3v) is 3.91. The van der Waals surface area contributed by atoms with Gasteiger partial charge < -0.3 is 0 Å². The molecule has 0 aliphatic heterocycles. The molecule has 11 heavy (non-hydrogen) atoms. The van der Waals surface area contributed by atoms with E-state index in [1.165, 1.54) is 19.0 Å². The molecule has 0 nitrogen and oxygen atoms in total. The molecule has 0 amide bonds. The van der Waals surface area contributed by atoms with E-state index in [0.29, 0.717) is 0 Å². The van der Waals surface area contributed by atoms with Gasteiger partial charge in [-0.3, -0.25) is 0 Å². The van der Waals surface area contributed by atoms with Crippen LogP contribution in [0.2, 0.25) is 0 Å². The minimum atomic E-state index is -1.21. The first kappa shape index (κ1) is 11.4. The fraction of sp³-hybridized carbons (Fsp3) is 1.00. The van der Waals surface area contributed by atoms with E-state index in [1.54, 1.807) is 0 Å². The van der Waals surface area contributed by atoms with Crippen LogP contribution in [0.15, 0.2) is 0 Å². The molecule has 0 saturated carbocycles. The van der Waals surface area contributed by atoms with Crippen molar-refractivity contribution in [2.45, 2.75) is 26.7 Å². The molecule has 1 heteroatoms. The third-order valence-electron chi connectivity index (χ3n) is 1.82. The Morgan fingerprint density at radius 3 is 1.82 bits per heavy atom. The quantitative estimate of drug-likeness (QED) is 0.575. The zero-order chi connectivity index (χ0) is 9.15. The molecule has 1 atom stereocenters. The van der Waals surface area contributed by atoms with Crippen LogP contribution in [0.3, 0.4) is 0 Å². The summed E-state index contributed by atoms with van der Waals surface area (Å²) in [5, 5.41) is 0. The summed E-state index contributed by atoms with van der Waals surface area (Å²) >= 11 is 0. The van der Waals surface area contributed by atoms with E-state index in [4.69, 9.17) is 0 Å². The number of rotatable bonds is 4. The molecule has 0 saturated heterocycles.